The van der Waals surface area contributed by atoms with Gasteiger partial charge in [-0.2, -0.15) is 5.26 Å². The van der Waals surface area contributed by atoms with E-state index in [0.29, 0.717) is 28.6 Å². The Balaban J connectivity index is 2.40. The number of carbonyl (C=O) groups is 2. The van der Waals surface area contributed by atoms with Crippen molar-refractivity contribution in [3.8, 4) is 6.07 Å². The van der Waals surface area contributed by atoms with Crippen LogP contribution in [0.4, 0.5) is 5.69 Å². The molecule has 92 valence electrons. The lowest BCUT2D eigenvalue weighted by Gasteiger charge is -2.29. The topological polar surface area (TPSA) is 61.2 Å². The highest BCUT2D eigenvalue weighted by Crippen LogP contribution is 2.31. The second-order valence-corrected chi connectivity index (χ2v) is 5.27. The molecule has 1 fully saturated rings. The van der Waals surface area contributed by atoms with Gasteiger partial charge in [0.1, 0.15) is 0 Å². The fourth-order valence-electron chi connectivity index (χ4n) is 2.02. The second-order valence-electron chi connectivity index (χ2n) is 4.41. The third-order valence-corrected chi connectivity index (χ3v) is 3.50. The maximum Gasteiger partial charge on any atom is 0.234 e. The van der Waals surface area contributed by atoms with E-state index in [9.17, 15) is 9.59 Å². The van der Waals surface area contributed by atoms with Gasteiger partial charge in [0.2, 0.25) is 11.8 Å². The monoisotopic (exact) mass is 306 g/mol. The number of imide groups is 1. The Kier molecular flexibility index (Phi) is 3.48. The molecule has 2 rings (SSSR count). The predicted octanol–water partition coefficient (Wildman–Crippen LogP) is 2.61. The van der Waals surface area contributed by atoms with Gasteiger partial charge in [-0.15, -0.1) is 0 Å². The summed E-state index contributed by atoms with van der Waals surface area (Å²) < 4.78 is 0.581. The molecule has 1 aromatic rings. The van der Waals surface area contributed by atoms with Gasteiger partial charge in [-0.25, -0.2) is 4.90 Å². The molecule has 0 atom stereocenters. The van der Waals surface area contributed by atoms with Crippen molar-refractivity contribution in [3.63, 3.8) is 0 Å². The van der Waals surface area contributed by atoms with Gasteiger partial charge in [0.05, 0.1) is 17.3 Å². The molecule has 18 heavy (non-hydrogen) atoms. The molecule has 0 aromatic heterocycles. The summed E-state index contributed by atoms with van der Waals surface area (Å²) in [5, 5.41) is 8.78. The number of nitrogens with zero attached hydrogens (tertiary/aromatic N) is 2. The zero-order valence-electron chi connectivity index (χ0n) is 9.81. The summed E-state index contributed by atoms with van der Waals surface area (Å²) >= 11 is 3.30. The van der Waals surface area contributed by atoms with Crippen molar-refractivity contribution in [1.29, 1.82) is 5.26 Å². The number of carbonyl (C=O) groups excluding carboxylic acids is 2. The van der Waals surface area contributed by atoms with Gasteiger partial charge in [0.25, 0.3) is 0 Å². The van der Waals surface area contributed by atoms with Gasteiger partial charge >= 0.3 is 0 Å². The third-order valence-electron chi connectivity index (χ3n) is 2.86. The third kappa shape index (κ3) is 2.29. The summed E-state index contributed by atoms with van der Waals surface area (Å²) in [7, 11) is 0. The number of anilines is 1. The Bertz CT molecular complexity index is 545. The molecule has 5 heteroatoms. The molecule has 1 saturated heterocycles. The Hall–Kier alpha value is -1.67. The number of hydrogen-bond donors (Lipinski definition) is 0. The molecule has 0 radical (unpaired) electrons. The number of nitriles is 1. The first-order chi connectivity index (χ1) is 8.52. The molecule has 0 spiro atoms. The summed E-state index contributed by atoms with van der Waals surface area (Å²) in [5.41, 5.74) is 0.992. The van der Waals surface area contributed by atoms with Crippen LogP contribution in [0.1, 0.15) is 25.3 Å². The lowest BCUT2D eigenvalue weighted by molar-refractivity contribution is -0.130. The van der Waals surface area contributed by atoms with Crippen LogP contribution in [0.2, 0.25) is 0 Å². The van der Waals surface area contributed by atoms with Crippen molar-refractivity contribution in [2.75, 3.05) is 4.90 Å². The first kappa shape index (κ1) is 12.8. The molecule has 1 heterocycles. The summed E-state index contributed by atoms with van der Waals surface area (Å²) in [6.45, 7) is 1.89. The molecule has 0 aliphatic carbocycles. The van der Waals surface area contributed by atoms with Crippen molar-refractivity contribution < 1.29 is 9.59 Å². The largest absolute Gasteiger partial charge is 0.274 e. The summed E-state index contributed by atoms with van der Waals surface area (Å²) in [6.07, 6.45) is 0.746. The minimum Gasteiger partial charge on any atom is -0.274 e. The van der Waals surface area contributed by atoms with E-state index in [-0.39, 0.29) is 17.7 Å². The van der Waals surface area contributed by atoms with Crippen LogP contribution in [-0.2, 0) is 9.59 Å². The van der Waals surface area contributed by atoms with Crippen molar-refractivity contribution >= 4 is 33.4 Å². The number of halogens is 1. The maximum atomic E-state index is 11.9. The van der Waals surface area contributed by atoms with Crippen LogP contribution in [0.5, 0.6) is 0 Å². The lowest BCUT2D eigenvalue weighted by atomic mass is 9.97. The molecule has 0 saturated carbocycles. The van der Waals surface area contributed by atoms with E-state index in [4.69, 9.17) is 5.26 Å². The van der Waals surface area contributed by atoms with E-state index in [2.05, 4.69) is 15.9 Å². The highest BCUT2D eigenvalue weighted by molar-refractivity contribution is 9.10. The van der Waals surface area contributed by atoms with Crippen LogP contribution < -0.4 is 4.90 Å². The first-order valence-electron chi connectivity index (χ1n) is 5.58. The summed E-state index contributed by atoms with van der Waals surface area (Å²) in [5.74, 6) is -0.285. The minimum absolute atomic E-state index is 0.0957. The van der Waals surface area contributed by atoms with E-state index in [0.717, 1.165) is 0 Å². The highest BCUT2D eigenvalue weighted by Gasteiger charge is 2.32. The number of piperidine rings is 1. The summed E-state index contributed by atoms with van der Waals surface area (Å²) in [6, 6.07) is 6.83. The Labute approximate surface area is 113 Å². The molecular weight excluding hydrogens is 296 g/mol. The molecule has 2 amide bonds. The summed E-state index contributed by atoms with van der Waals surface area (Å²) in [4.78, 5) is 25.1. The SMILES string of the molecule is CC1CC(=O)N(c2ccc(C#N)cc2Br)C(=O)C1. The van der Waals surface area contributed by atoms with Crippen LogP contribution in [0.15, 0.2) is 22.7 Å². The molecule has 0 N–H and O–H groups in total. The van der Waals surface area contributed by atoms with Gasteiger partial charge in [0, 0.05) is 17.3 Å². The molecule has 4 nitrogen and oxygen atoms in total. The maximum absolute atomic E-state index is 11.9. The number of amides is 2. The van der Waals surface area contributed by atoms with E-state index in [1.54, 1.807) is 18.2 Å². The van der Waals surface area contributed by atoms with Gasteiger partial charge in [-0.1, -0.05) is 6.92 Å². The van der Waals surface area contributed by atoms with E-state index in [1.807, 2.05) is 13.0 Å². The van der Waals surface area contributed by atoms with Crippen LogP contribution in [0.3, 0.4) is 0 Å². The first-order valence-corrected chi connectivity index (χ1v) is 6.37. The standard InChI is InChI=1S/C13H11BrN2O2/c1-8-4-12(17)16(13(18)5-8)11-3-2-9(7-15)6-10(11)14/h2-3,6,8H,4-5H2,1H3. The molecule has 1 aliphatic rings. The highest BCUT2D eigenvalue weighted by atomic mass is 79.9. The van der Waals surface area contributed by atoms with E-state index < -0.39 is 0 Å². The van der Waals surface area contributed by atoms with Crippen LogP contribution in [-0.4, -0.2) is 11.8 Å². The van der Waals surface area contributed by atoms with Gasteiger partial charge < -0.3 is 0 Å². The predicted molar refractivity (Wildman–Crippen MR) is 69.7 cm³/mol. The molecule has 1 aromatic carbocycles. The van der Waals surface area contributed by atoms with Crippen molar-refractivity contribution in [1.82, 2.24) is 0 Å². The van der Waals surface area contributed by atoms with Crippen LogP contribution >= 0.6 is 15.9 Å². The number of hydrogen-bond acceptors (Lipinski definition) is 3. The van der Waals surface area contributed by atoms with Crippen molar-refractivity contribution in [2.45, 2.75) is 19.8 Å². The fourth-order valence-corrected chi connectivity index (χ4v) is 2.57. The molecule has 0 unspecified atom stereocenters. The van der Waals surface area contributed by atoms with Crippen molar-refractivity contribution in [2.24, 2.45) is 5.92 Å². The zero-order valence-corrected chi connectivity index (χ0v) is 11.4. The van der Waals surface area contributed by atoms with Crippen molar-refractivity contribution in [3.05, 3.63) is 28.2 Å². The van der Waals surface area contributed by atoms with E-state index in [1.165, 1.54) is 4.90 Å². The Morgan fingerprint density at radius 2 is 1.94 bits per heavy atom. The zero-order chi connectivity index (χ0) is 13.3. The number of rotatable bonds is 1. The molecule has 0 bridgehead atoms. The average molecular weight is 307 g/mol. The van der Waals surface area contributed by atoms with Crippen LogP contribution in [0.25, 0.3) is 0 Å². The van der Waals surface area contributed by atoms with Gasteiger partial charge in [0.15, 0.2) is 0 Å². The van der Waals surface area contributed by atoms with Gasteiger partial charge in [-0.05, 0) is 40.0 Å². The molecular formula is C13H11BrN2O2. The minimum atomic E-state index is -0.191. The fraction of sp³-hybridized carbons (Fsp3) is 0.308. The smallest absolute Gasteiger partial charge is 0.234 e. The molecule has 1 aliphatic heterocycles. The van der Waals surface area contributed by atoms with Gasteiger partial charge in [-0.3, -0.25) is 9.59 Å². The average Bonchev–Trinajstić information content (AvgIpc) is 2.29. The van der Waals surface area contributed by atoms with Crippen LogP contribution in [0, 0.1) is 17.2 Å². The number of benzene rings is 1. The Morgan fingerprint density at radius 1 is 1.33 bits per heavy atom. The normalized spacial score (nSPS) is 16.8. The quantitative estimate of drug-likeness (QED) is 0.749. The lowest BCUT2D eigenvalue weighted by Crippen LogP contribution is -2.43. The van der Waals surface area contributed by atoms with E-state index >= 15 is 0 Å². The second kappa shape index (κ2) is 4.91. The Morgan fingerprint density at radius 3 is 2.44 bits per heavy atom.